The molecule has 2 saturated heterocycles. The molecule has 0 aliphatic carbocycles. The highest BCUT2D eigenvalue weighted by molar-refractivity contribution is 4.86. The van der Waals surface area contributed by atoms with E-state index in [1.165, 1.54) is 45.8 Å². The van der Waals surface area contributed by atoms with Crippen LogP contribution in [0.15, 0.2) is 0 Å². The monoisotopic (exact) mass is 382 g/mol. The molecule has 5 heteroatoms. The largest absolute Gasteiger partial charge is 0.375 e. The van der Waals surface area contributed by atoms with Crippen LogP contribution in [0.5, 0.6) is 0 Å². The first-order valence-electron chi connectivity index (χ1n) is 11.1. The van der Waals surface area contributed by atoms with Gasteiger partial charge in [0.2, 0.25) is 0 Å². The molecular weight excluding hydrogens is 336 g/mol. The first-order chi connectivity index (χ1) is 12.5. The Morgan fingerprint density at radius 1 is 0.741 bits per heavy atom. The van der Waals surface area contributed by atoms with Gasteiger partial charge in [-0.3, -0.25) is 19.6 Å². The van der Waals surface area contributed by atoms with Crippen molar-refractivity contribution >= 4 is 0 Å². The Labute approximate surface area is 169 Å². The molecule has 2 fully saturated rings. The molecule has 27 heavy (non-hydrogen) atoms. The van der Waals surface area contributed by atoms with Crippen molar-refractivity contribution in [2.75, 3.05) is 65.5 Å². The third-order valence-electron chi connectivity index (χ3n) is 6.18. The lowest BCUT2D eigenvalue weighted by Gasteiger charge is -2.46. The van der Waals surface area contributed by atoms with Gasteiger partial charge in [-0.1, -0.05) is 0 Å². The van der Waals surface area contributed by atoms with E-state index in [4.69, 9.17) is 4.74 Å². The molecule has 2 heterocycles. The summed E-state index contributed by atoms with van der Waals surface area (Å²) in [6.07, 6.45) is 0. The van der Waals surface area contributed by atoms with E-state index in [1.54, 1.807) is 0 Å². The van der Waals surface area contributed by atoms with Crippen LogP contribution in [0.25, 0.3) is 0 Å². The summed E-state index contributed by atoms with van der Waals surface area (Å²) in [5.74, 6) is 0. The molecule has 2 rings (SSSR count). The molecule has 2 atom stereocenters. The van der Waals surface area contributed by atoms with Crippen LogP contribution in [0, 0.1) is 0 Å². The first-order valence-corrected chi connectivity index (χ1v) is 11.1. The van der Waals surface area contributed by atoms with Crippen LogP contribution >= 0.6 is 0 Å². The Kier molecular flexibility index (Phi) is 8.15. The lowest BCUT2D eigenvalue weighted by molar-refractivity contribution is -0.0335. The molecule has 0 bridgehead atoms. The van der Waals surface area contributed by atoms with E-state index >= 15 is 0 Å². The highest BCUT2D eigenvalue weighted by atomic mass is 16.5. The molecule has 2 aliphatic rings. The van der Waals surface area contributed by atoms with Crippen LogP contribution in [0.4, 0.5) is 0 Å². The Morgan fingerprint density at radius 2 is 1.26 bits per heavy atom. The number of hydrogen-bond acceptors (Lipinski definition) is 5. The van der Waals surface area contributed by atoms with Gasteiger partial charge in [-0.25, -0.2) is 0 Å². The Bertz CT molecular complexity index is 435. The number of rotatable bonds is 6. The number of piperazine rings is 2. The molecule has 0 aromatic heterocycles. The van der Waals surface area contributed by atoms with Gasteiger partial charge >= 0.3 is 0 Å². The van der Waals surface area contributed by atoms with Crippen LogP contribution in [0.1, 0.15) is 55.4 Å². The van der Waals surface area contributed by atoms with E-state index in [1.807, 2.05) is 0 Å². The van der Waals surface area contributed by atoms with Crippen molar-refractivity contribution in [3.05, 3.63) is 0 Å². The summed E-state index contributed by atoms with van der Waals surface area (Å²) < 4.78 is 5.94. The van der Waals surface area contributed by atoms with Crippen molar-refractivity contribution in [3.8, 4) is 0 Å². The van der Waals surface area contributed by atoms with Gasteiger partial charge in [0.05, 0.1) is 12.2 Å². The quantitative estimate of drug-likeness (QED) is 0.702. The van der Waals surface area contributed by atoms with Gasteiger partial charge in [-0.05, 0) is 55.4 Å². The molecule has 0 radical (unpaired) electrons. The lowest BCUT2D eigenvalue weighted by atomic mass is 10.0. The minimum absolute atomic E-state index is 0.0340. The van der Waals surface area contributed by atoms with Crippen LogP contribution < -0.4 is 0 Å². The molecule has 0 aromatic rings. The number of hydrogen-bond donors (Lipinski definition) is 0. The predicted octanol–water partition coefficient (Wildman–Crippen LogP) is 2.61. The first kappa shape index (κ1) is 23.1. The van der Waals surface area contributed by atoms with Gasteiger partial charge in [0.15, 0.2) is 0 Å². The van der Waals surface area contributed by atoms with Gasteiger partial charge in [0, 0.05) is 76.5 Å². The second-order valence-electron chi connectivity index (χ2n) is 10.6. The molecule has 0 N–H and O–H groups in total. The summed E-state index contributed by atoms with van der Waals surface area (Å²) >= 11 is 0. The summed E-state index contributed by atoms with van der Waals surface area (Å²) in [4.78, 5) is 10.6. The van der Waals surface area contributed by atoms with Crippen molar-refractivity contribution in [1.29, 1.82) is 0 Å². The van der Waals surface area contributed by atoms with E-state index in [-0.39, 0.29) is 5.60 Å². The predicted molar refractivity (Wildman–Crippen MR) is 116 cm³/mol. The minimum atomic E-state index is -0.0340. The van der Waals surface area contributed by atoms with Gasteiger partial charge < -0.3 is 4.74 Å². The zero-order valence-corrected chi connectivity index (χ0v) is 19.4. The van der Waals surface area contributed by atoms with Gasteiger partial charge in [-0.15, -0.1) is 0 Å². The van der Waals surface area contributed by atoms with Crippen LogP contribution in [0.2, 0.25) is 0 Å². The molecule has 160 valence electrons. The normalized spacial score (nSPS) is 28.0. The van der Waals surface area contributed by atoms with Gasteiger partial charge in [-0.2, -0.15) is 0 Å². The standard InChI is InChI=1S/C22H46N4O/c1-19-18-25(15-16-27-22(6,7)8)20(2)17-24(19)12-9-23-10-13-26(14-11-23)21(3,4)5/h19-20H,9-18H2,1-8H3/t19-,20+/m1/s1. The molecule has 5 nitrogen and oxygen atoms in total. The third kappa shape index (κ3) is 7.62. The SMILES string of the molecule is C[C@@H]1CN(CCOC(C)(C)C)[C@@H](C)CN1CCN1CCN(C(C)(C)C)CC1. The van der Waals surface area contributed by atoms with Crippen LogP contribution in [0.3, 0.4) is 0 Å². The van der Waals surface area contributed by atoms with Crippen LogP contribution in [-0.4, -0.2) is 108 Å². The third-order valence-corrected chi connectivity index (χ3v) is 6.18. The lowest BCUT2D eigenvalue weighted by Crippen LogP contribution is -2.59. The minimum Gasteiger partial charge on any atom is -0.375 e. The van der Waals surface area contributed by atoms with Crippen molar-refractivity contribution in [3.63, 3.8) is 0 Å². The average molecular weight is 383 g/mol. The van der Waals surface area contributed by atoms with Crippen molar-refractivity contribution < 1.29 is 4.74 Å². The summed E-state index contributed by atoms with van der Waals surface area (Å²) in [5.41, 5.74) is 0.275. The zero-order chi connectivity index (χ0) is 20.2. The summed E-state index contributed by atoms with van der Waals surface area (Å²) in [5, 5.41) is 0. The fourth-order valence-corrected chi connectivity index (χ4v) is 4.27. The fourth-order valence-electron chi connectivity index (χ4n) is 4.27. The maximum absolute atomic E-state index is 5.94. The highest BCUT2D eigenvalue weighted by Gasteiger charge is 2.30. The molecular formula is C22H46N4O. The Balaban J connectivity index is 1.70. The second-order valence-corrected chi connectivity index (χ2v) is 10.6. The van der Waals surface area contributed by atoms with E-state index in [0.717, 1.165) is 19.7 Å². The fraction of sp³-hybridized carbons (Fsp3) is 1.00. The second kappa shape index (κ2) is 9.53. The van der Waals surface area contributed by atoms with Crippen molar-refractivity contribution in [2.24, 2.45) is 0 Å². The smallest absolute Gasteiger partial charge is 0.0600 e. The van der Waals surface area contributed by atoms with Crippen molar-refractivity contribution in [2.45, 2.75) is 78.6 Å². The number of nitrogens with zero attached hydrogens (tertiary/aromatic N) is 4. The Hall–Kier alpha value is -0.200. The highest BCUT2D eigenvalue weighted by Crippen LogP contribution is 2.18. The molecule has 0 unspecified atom stereocenters. The maximum atomic E-state index is 5.94. The molecule has 0 aromatic carbocycles. The van der Waals surface area contributed by atoms with E-state index < -0.39 is 0 Å². The maximum Gasteiger partial charge on any atom is 0.0600 e. The van der Waals surface area contributed by atoms with Gasteiger partial charge in [0.1, 0.15) is 0 Å². The Morgan fingerprint density at radius 3 is 1.74 bits per heavy atom. The van der Waals surface area contributed by atoms with Crippen LogP contribution in [-0.2, 0) is 4.74 Å². The average Bonchev–Trinajstić information content (AvgIpc) is 2.55. The van der Waals surface area contributed by atoms with Gasteiger partial charge in [0.25, 0.3) is 0 Å². The summed E-state index contributed by atoms with van der Waals surface area (Å²) in [7, 11) is 0. The van der Waals surface area contributed by atoms with Crippen molar-refractivity contribution in [1.82, 2.24) is 19.6 Å². The summed E-state index contributed by atoms with van der Waals surface area (Å²) in [6, 6.07) is 1.24. The topological polar surface area (TPSA) is 22.2 Å². The zero-order valence-electron chi connectivity index (χ0n) is 19.4. The molecule has 0 amide bonds. The van der Waals surface area contributed by atoms with E-state index in [2.05, 4.69) is 75.0 Å². The van der Waals surface area contributed by atoms with E-state index in [0.29, 0.717) is 17.6 Å². The molecule has 2 aliphatic heterocycles. The molecule has 0 saturated carbocycles. The van der Waals surface area contributed by atoms with E-state index in [9.17, 15) is 0 Å². The molecule has 0 spiro atoms. The summed E-state index contributed by atoms with van der Waals surface area (Å²) in [6.45, 7) is 29.6. The number of ether oxygens (including phenoxy) is 1.